The lowest BCUT2D eigenvalue weighted by atomic mass is 10.1. The summed E-state index contributed by atoms with van der Waals surface area (Å²) in [4.78, 5) is 15.8. The molecule has 0 N–H and O–H groups in total. The van der Waals surface area contributed by atoms with E-state index in [9.17, 15) is 4.79 Å². The van der Waals surface area contributed by atoms with E-state index >= 15 is 0 Å². The maximum atomic E-state index is 11.4. The minimum atomic E-state index is -0.352. The minimum absolute atomic E-state index is 0.0694. The number of rotatable bonds is 2. The van der Waals surface area contributed by atoms with Crippen LogP contribution >= 0.6 is 0 Å². The molecular formula is C13H13NO2. The highest BCUT2D eigenvalue weighted by Gasteiger charge is 2.10. The number of benzene rings is 1. The maximum Gasteiger partial charge on any atom is 0.357 e. The van der Waals surface area contributed by atoms with Crippen molar-refractivity contribution in [1.29, 1.82) is 0 Å². The molecule has 3 nitrogen and oxygen atoms in total. The standard InChI is InChI=1S/C13H13NO2/c1-9(2)12-13(15)16-8-11(14-12)10-6-4-3-5-7-10/h3-9H,1-2H3. The van der Waals surface area contributed by atoms with Gasteiger partial charge in [0, 0.05) is 11.5 Å². The summed E-state index contributed by atoms with van der Waals surface area (Å²) in [7, 11) is 0. The van der Waals surface area contributed by atoms with E-state index in [1.165, 1.54) is 6.26 Å². The molecular weight excluding hydrogens is 202 g/mol. The topological polar surface area (TPSA) is 43.1 Å². The summed E-state index contributed by atoms with van der Waals surface area (Å²) in [6.45, 7) is 3.85. The first-order valence-electron chi connectivity index (χ1n) is 5.23. The summed E-state index contributed by atoms with van der Waals surface area (Å²) < 4.78 is 4.99. The SMILES string of the molecule is CC(C)c1nc(-c2ccccc2)coc1=O. The van der Waals surface area contributed by atoms with Crippen LogP contribution < -0.4 is 5.63 Å². The van der Waals surface area contributed by atoms with Crippen LogP contribution in [0.15, 0.2) is 45.8 Å². The molecule has 2 rings (SSSR count). The Hall–Kier alpha value is -1.90. The zero-order valence-corrected chi connectivity index (χ0v) is 9.31. The van der Waals surface area contributed by atoms with Gasteiger partial charge in [-0.05, 0) is 0 Å². The van der Waals surface area contributed by atoms with Crippen molar-refractivity contribution in [3.05, 3.63) is 52.7 Å². The van der Waals surface area contributed by atoms with Crippen LogP contribution in [-0.2, 0) is 0 Å². The number of hydrogen-bond acceptors (Lipinski definition) is 3. The average molecular weight is 215 g/mol. The Morgan fingerprint density at radius 1 is 1.19 bits per heavy atom. The summed E-state index contributed by atoms with van der Waals surface area (Å²) in [6, 6.07) is 9.67. The van der Waals surface area contributed by atoms with Crippen molar-refractivity contribution in [2.45, 2.75) is 19.8 Å². The quantitative estimate of drug-likeness (QED) is 0.773. The Kier molecular flexibility index (Phi) is 2.86. The molecule has 1 aromatic heterocycles. The average Bonchev–Trinajstić information content (AvgIpc) is 2.30. The molecule has 0 atom stereocenters. The van der Waals surface area contributed by atoms with Gasteiger partial charge < -0.3 is 4.42 Å². The Morgan fingerprint density at radius 2 is 1.88 bits per heavy atom. The van der Waals surface area contributed by atoms with Gasteiger partial charge >= 0.3 is 5.63 Å². The van der Waals surface area contributed by atoms with E-state index in [1.807, 2.05) is 44.2 Å². The fourth-order valence-electron chi connectivity index (χ4n) is 1.48. The fourth-order valence-corrected chi connectivity index (χ4v) is 1.48. The first kappa shape index (κ1) is 10.6. The van der Waals surface area contributed by atoms with E-state index in [1.54, 1.807) is 0 Å². The molecule has 16 heavy (non-hydrogen) atoms. The van der Waals surface area contributed by atoms with Crippen molar-refractivity contribution in [2.75, 3.05) is 0 Å². The second-order valence-electron chi connectivity index (χ2n) is 3.93. The van der Waals surface area contributed by atoms with E-state index in [0.29, 0.717) is 11.4 Å². The van der Waals surface area contributed by atoms with Gasteiger partial charge in [-0.2, -0.15) is 0 Å². The summed E-state index contributed by atoms with van der Waals surface area (Å²) >= 11 is 0. The van der Waals surface area contributed by atoms with Crippen molar-refractivity contribution in [2.24, 2.45) is 0 Å². The monoisotopic (exact) mass is 215 g/mol. The Balaban J connectivity index is 2.52. The van der Waals surface area contributed by atoms with Gasteiger partial charge in [0.05, 0.1) is 0 Å². The van der Waals surface area contributed by atoms with Gasteiger partial charge in [-0.3, -0.25) is 0 Å². The summed E-state index contributed by atoms with van der Waals surface area (Å²) in [6.07, 6.45) is 1.41. The molecule has 0 aliphatic rings. The van der Waals surface area contributed by atoms with Crippen LogP contribution in [0.25, 0.3) is 11.3 Å². The third kappa shape index (κ3) is 2.03. The van der Waals surface area contributed by atoms with Gasteiger partial charge in [-0.15, -0.1) is 0 Å². The summed E-state index contributed by atoms with van der Waals surface area (Å²) in [5.74, 6) is 0.0694. The van der Waals surface area contributed by atoms with Crippen molar-refractivity contribution < 1.29 is 4.42 Å². The molecule has 0 amide bonds. The van der Waals surface area contributed by atoms with Crippen molar-refractivity contribution in [3.63, 3.8) is 0 Å². The van der Waals surface area contributed by atoms with Gasteiger partial charge in [-0.25, -0.2) is 9.78 Å². The van der Waals surface area contributed by atoms with Gasteiger partial charge in [0.15, 0.2) is 0 Å². The molecule has 0 unspecified atom stereocenters. The number of hydrogen-bond donors (Lipinski definition) is 0. The van der Waals surface area contributed by atoms with Crippen LogP contribution in [0.2, 0.25) is 0 Å². The van der Waals surface area contributed by atoms with Crippen LogP contribution in [0, 0.1) is 0 Å². The molecule has 0 bridgehead atoms. The Morgan fingerprint density at radius 3 is 2.50 bits per heavy atom. The number of aromatic nitrogens is 1. The zero-order chi connectivity index (χ0) is 11.5. The molecule has 0 aliphatic heterocycles. The van der Waals surface area contributed by atoms with Crippen molar-refractivity contribution >= 4 is 0 Å². The third-order valence-electron chi connectivity index (χ3n) is 2.34. The van der Waals surface area contributed by atoms with Crippen molar-refractivity contribution in [3.8, 4) is 11.3 Å². The van der Waals surface area contributed by atoms with E-state index in [4.69, 9.17) is 4.42 Å². The lowest BCUT2D eigenvalue weighted by molar-refractivity contribution is 0.487. The largest absolute Gasteiger partial charge is 0.428 e. The Labute approximate surface area is 93.8 Å². The van der Waals surface area contributed by atoms with Crippen LogP contribution in [-0.4, -0.2) is 4.98 Å². The van der Waals surface area contributed by atoms with E-state index < -0.39 is 0 Å². The second kappa shape index (κ2) is 4.31. The molecule has 0 radical (unpaired) electrons. The molecule has 3 heteroatoms. The lowest BCUT2D eigenvalue weighted by Crippen LogP contribution is -2.11. The molecule has 0 fully saturated rings. The van der Waals surface area contributed by atoms with Gasteiger partial charge in [0.2, 0.25) is 0 Å². The van der Waals surface area contributed by atoms with Crippen LogP contribution in [0.4, 0.5) is 0 Å². The van der Waals surface area contributed by atoms with E-state index in [0.717, 1.165) is 5.56 Å². The number of nitrogens with zero attached hydrogens (tertiary/aromatic N) is 1. The van der Waals surface area contributed by atoms with E-state index in [-0.39, 0.29) is 11.5 Å². The summed E-state index contributed by atoms with van der Waals surface area (Å²) in [5, 5.41) is 0. The van der Waals surface area contributed by atoms with Crippen LogP contribution in [0.3, 0.4) is 0 Å². The molecule has 0 saturated carbocycles. The third-order valence-corrected chi connectivity index (χ3v) is 2.34. The molecule has 1 aromatic carbocycles. The maximum absolute atomic E-state index is 11.4. The molecule has 0 spiro atoms. The molecule has 0 aliphatic carbocycles. The van der Waals surface area contributed by atoms with Gasteiger partial charge in [0.25, 0.3) is 0 Å². The predicted molar refractivity (Wildman–Crippen MR) is 62.3 cm³/mol. The van der Waals surface area contributed by atoms with Gasteiger partial charge in [0.1, 0.15) is 17.7 Å². The van der Waals surface area contributed by atoms with Crippen LogP contribution in [0.1, 0.15) is 25.5 Å². The first-order chi connectivity index (χ1) is 7.68. The Bertz CT molecular complexity index is 529. The predicted octanol–water partition coefficient (Wildman–Crippen LogP) is 2.83. The normalized spacial score (nSPS) is 10.7. The highest BCUT2D eigenvalue weighted by molar-refractivity contribution is 5.57. The zero-order valence-electron chi connectivity index (χ0n) is 9.31. The van der Waals surface area contributed by atoms with Crippen molar-refractivity contribution in [1.82, 2.24) is 4.98 Å². The molecule has 2 aromatic rings. The molecule has 1 heterocycles. The fraction of sp³-hybridized carbons (Fsp3) is 0.231. The highest BCUT2D eigenvalue weighted by atomic mass is 16.4. The van der Waals surface area contributed by atoms with Gasteiger partial charge in [-0.1, -0.05) is 44.2 Å². The molecule has 0 saturated heterocycles. The molecule has 82 valence electrons. The first-order valence-corrected chi connectivity index (χ1v) is 5.23. The smallest absolute Gasteiger partial charge is 0.357 e. The minimum Gasteiger partial charge on any atom is -0.428 e. The summed E-state index contributed by atoms with van der Waals surface area (Å²) in [5.41, 5.74) is 1.77. The lowest BCUT2D eigenvalue weighted by Gasteiger charge is -2.04. The van der Waals surface area contributed by atoms with Crippen LogP contribution in [0.5, 0.6) is 0 Å². The van der Waals surface area contributed by atoms with E-state index in [2.05, 4.69) is 4.98 Å². The highest BCUT2D eigenvalue weighted by Crippen LogP contribution is 2.17. The second-order valence-corrected chi connectivity index (χ2v) is 3.93.